The van der Waals surface area contributed by atoms with Crippen molar-refractivity contribution in [2.75, 3.05) is 18.4 Å². The fourth-order valence-corrected chi connectivity index (χ4v) is 6.14. The van der Waals surface area contributed by atoms with Crippen LogP contribution in [0.3, 0.4) is 0 Å². The zero-order valence-electron chi connectivity index (χ0n) is 17.1. The molecule has 1 saturated heterocycles. The van der Waals surface area contributed by atoms with Gasteiger partial charge in [0.15, 0.2) is 0 Å². The van der Waals surface area contributed by atoms with Crippen LogP contribution in [-0.2, 0) is 27.7 Å². The zero-order valence-corrected chi connectivity index (χ0v) is 21.1. The maximum absolute atomic E-state index is 13.1. The number of anilines is 1. The molecule has 1 fully saturated rings. The third-order valence-corrected chi connectivity index (χ3v) is 8.35. The first-order valence-electron chi connectivity index (χ1n) is 10.1. The first-order valence-corrected chi connectivity index (χ1v) is 13.2. The number of sulfonamides is 1. The number of rotatable bonds is 6. The summed E-state index contributed by atoms with van der Waals surface area (Å²) >= 11 is 6.87. The summed E-state index contributed by atoms with van der Waals surface area (Å²) in [5.74, 6) is -0.487. The Morgan fingerprint density at radius 3 is 2.23 bits per heavy atom. The van der Waals surface area contributed by atoms with E-state index in [1.54, 1.807) is 24.3 Å². The monoisotopic (exact) mass is 556 g/mol. The largest absolute Gasteiger partial charge is 0.325 e. The Hall–Kier alpha value is -1.22. The number of halogens is 2. The highest BCUT2D eigenvalue weighted by molar-refractivity contribution is 9.10. The van der Waals surface area contributed by atoms with Gasteiger partial charge in [0.2, 0.25) is 15.9 Å². The van der Waals surface area contributed by atoms with Crippen LogP contribution in [0.5, 0.6) is 0 Å². The second-order valence-corrected chi connectivity index (χ2v) is 11.2. The topological polar surface area (TPSA) is 66.5 Å². The van der Waals surface area contributed by atoms with Gasteiger partial charge in [-0.1, -0.05) is 45.7 Å². The molecule has 30 heavy (non-hydrogen) atoms. The lowest BCUT2D eigenvalue weighted by atomic mass is 9.97. The number of nitrogens with one attached hydrogen (secondary N) is 1. The van der Waals surface area contributed by atoms with Crippen LogP contribution in [0.15, 0.2) is 50.2 Å². The number of amides is 1. The molecule has 0 bridgehead atoms. The molecule has 1 atom stereocenters. The van der Waals surface area contributed by atoms with Gasteiger partial charge in [0.1, 0.15) is 0 Å². The third kappa shape index (κ3) is 5.15. The van der Waals surface area contributed by atoms with E-state index in [-0.39, 0.29) is 23.3 Å². The van der Waals surface area contributed by atoms with E-state index < -0.39 is 10.0 Å². The fourth-order valence-electron chi connectivity index (χ4n) is 3.80. The number of nitrogens with zero attached hydrogens (tertiary/aromatic N) is 1. The molecule has 3 rings (SSSR count). The summed E-state index contributed by atoms with van der Waals surface area (Å²) < 4.78 is 29.3. The maximum Gasteiger partial charge on any atom is 0.243 e. The Balaban J connectivity index is 1.79. The molecule has 1 aliphatic rings. The molecule has 0 unspecified atom stereocenters. The molecule has 1 heterocycles. The van der Waals surface area contributed by atoms with E-state index in [0.29, 0.717) is 19.4 Å². The van der Waals surface area contributed by atoms with E-state index in [0.717, 1.165) is 38.6 Å². The lowest BCUT2D eigenvalue weighted by Gasteiger charge is -2.31. The second kappa shape index (κ2) is 9.94. The molecule has 2 aromatic rings. The van der Waals surface area contributed by atoms with Crippen molar-refractivity contribution in [3.63, 3.8) is 0 Å². The van der Waals surface area contributed by atoms with E-state index in [4.69, 9.17) is 0 Å². The van der Waals surface area contributed by atoms with Crippen molar-refractivity contribution < 1.29 is 13.2 Å². The third-order valence-electron chi connectivity index (χ3n) is 5.48. The molecule has 162 valence electrons. The Bertz CT molecular complexity index is 998. The van der Waals surface area contributed by atoms with Gasteiger partial charge in [-0.2, -0.15) is 4.31 Å². The first kappa shape index (κ1) is 23.4. The summed E-state index contributed by atoms with van der Waals surface area (Å²) in [6.45, 7) is 4.75. The fraction of sp³-hybridized carbons (Fsp3) is 0.409. The molecule has 0 aliphatic carbocycles. The van der Waals surface area contributed by atoms with Gasteiger partial charge in [0.05, 0.1) is 10.8 Å². The minimum absolute atomic E-state index is 0.113. The van der Waals surface area contributed by atoms with Crippen LogP contribution in [0.2, 0.25) is 0 Å². The van der Waals surface area contributed by atoms with Gasteiger partial charge < -0.3 is 5.32 Å². The normalized spacial score (nSPS) is 17.7. The number of benzene rings is 2. The Kier molecular flexibility index (Phi) is 7.76. The van der Waals surface area contributed by atoms with Crippen LogP contribution < -0.4 is 5.32 Å². The van der Waals surface area contributed by atoms with Crippen LogP contribution in [0.25, 0.3) is 0 Å². The standard InChI is InChI=1S/C22H26Br2N2O3S/c1-3-15-12-19(24)13-16(4-2)21(15)25-22(27)17-6-5-11-26(14-17)30(28,29)20-9-7-18(23)8-10-20/h7-10,12-13,17H,3-6,11,14H2,1-2H3,(H,25,27)/t17-/m1/s1. The van der Waals surface area contributed by atoms with Gasteiger partial charge in [-0.05, 0) is 73.2 Å². The number of hydrogen-bond acceptors (Lipinski definition) is 3. The highest BCUT2D eigenvalue weighted by atomic mass is 79.9. The minimum atomic E-state index is -3.62. The Labute approximate surface area is 195 Å². The molecule has 5 nitrogen and oxygen atoms in total. The molecule has 0 aromatic heterocycles. The molecule has 1 amide bonds. The smallest absolute Gasteiger partial charge is 0.243 e. The molecule has 8 heteroatoms. The first-order chi connectivity index (χ1) is 14.3. The van der Waals surface area contributed by atoms with Gasteiger partial charge >= 0.3 is 0 Å². The van der Waals surface area contributed by atoms with E-state index in [1.807, 2.05) is 12.1 Å². The van der Waals surface area contributed by atoms with E-state index >= 15 is 0 Å². The summed E-state index contributed by atoms with van der Waals surface area (Å²) in [7, 11) is -3.62. The second-order valence-electron chi connectivity index (χ2n) is 7.45. The average molecular weight is 558 g/mol. The van der Waals surface area contributed by atoms with Gasteiger partial charge in [-0.15, -0.1) is 0 Å². The van der Waals surface area contributed by atoms with Gasteiger partial charge in [0, 0.05) is 27.7 Å². The summed E-state index contributed by atoms with van der Waals surface area (Å²) in [5.41, 5.74) is 3.01. The predicted octanol–water partition coefficient (Wildman–Crippen LogP) is 5.38. The van der Waals surface area contributed by atoms with E-state index in [9.17, 15) is 13.2 Å². The minimum Gasteiger partial charge on any atom is -0.325 e. The zero-order chi connectivity index (χ0) is 21.9. The summed E-state index contributed by atoms with van der Waals surface area (Å²) in [5, 5.41) is 3.11. The molecular formula is C22H26Br2N2O3S. The summed E-state index contributed by atoms with van der Waals surface area (Å²) in [6.07, 6.45) is 2.95. The summed E-state index contributed by atoms with van der Waals surface area (Å²) in [6, 6.07) is 10.7. The summed E-state index contributed by atoms with van der Waals surface area (Å²) in [4.78, 5) is 13.3. The highest BCUT2D eigenvalue weighted by Crippen LogP contribution is 2.30. The van der Waals surface area contributed by atoms with Crippen LogP contribution in [-0.4, -0.2) is 31.7 Å². The van der Waals surface area contributed by atoms with Crippen molar-refractivity contribution in [3.8, 4) is 0 Å². The maximum atomic E-state index is 13.1. The predicted molar refractivity (Wildman–Crippen MR) is 127 cm³/mol. The lowest BCUT2D eigenvalue weighted by molar-refractivity contribution is -0.120. The van der Waals surface area contributed by atoms with Gasteiger partial charge in [-0.25, -0.2) is 8.42 Å². The number of piperidine rings is 1. The number of carbonyl (C=O) groups excluding carboxylic acids is 1. The molecular weight excluding hydrogens is 532 g/mol. The molecule has 1 N–H and O–H groups in total. The quantitative estimate of drug-likeness (QED) is 0.519. The molecule has 0 radical (unpaired) electrons. The Morgan fingerprint density at radius 2 is 1.67 bits per heavy atom. The van der Waals surface area contributed by atoms with E-state index in [2.05, 4.69) is 51.0 Å². The Morgan fingerprint density at radius 1 is 1.07 bits per heavy atom. The van der Waals surface area contributed by atoms with Crippen molar-refractivity contribution in [2.45, 2.75) is 44.4 Å². The van der Waals surface area contributed by atoms with Crippen molar-refractivity contribution in [1.29, 1.82) is 0 Å². The van der Waals surface area contributed by atoms with Crippen LogP contribution in [0.4, 0.5) is 5.69 Å². The molecule has 1 aliphatic heterocycles. The number of carbonyl (C=O) groups is 1. The number of aryl methyl sites for hydroxylation is 2. The molecule has 0 saturated carbocycles. The van der Waals surface area contributed by atoms with E-state index in [1.165, 1.54) is 4.31 Å². The van der Waals surface area contributed by atoms with Crippen molar-refractivity contribution in [2.24, 2.45) is 5.92 Å². The van der Waals surface area contributed by atoms with Crippen LogP contribution in [0, 0.1) is 5.92 Å². The van der Waals surface area contributed by atoms with Crippen LogP contribution in [0.1, 0.15) is 37.8 Å². The van der Waals surface area contributed by atoms with Crippen molar-refractivity contribution in [3.05, 3.63) is 56.5 Å². The average Bonchev–Trinajstić information content (AvgIpc) is 2.74. The van der Waals surface area contributed by atoms with Gasteiger partial charge in [-0.3, -0.25) is 4.79 Å². The molecule has 0 spiro atoms. The van der Waals surface area contributed by atoms with Crippen LogP contribution >= 0.6 is 31.9 Å². The van der Waals surface area contributed by atoms with Crippen molar-refractivity contribution >= 4 is 53.5 Å². The SMILES string of the molecule is CCc1cc(Br)cc(CC)c1NC(=O)[C@@H]1CCCN(S(=O)(=O)c2ccc(Br)cc2)C1. The van der Waals surface area contributed by atoms with Crippen molar-refractivity contribution in [1.82, 2.24) is 4.31 Å². The number of hydrogen-bond donors (Lipinski definition) is 1. The lowest BCUT2D eigenvalue weighted by Crippen LogP contribution is -2.43. The highest BCUT2D eigenvalue weighted by Gasteiger charge is 2.33. The van der Waals surface area contributed by atoms with Gasteiger partial charge in [0.25, 0.3) is 0 Å². The molecule has 2 aromatic carbocycles.